The average molecular weight is 333 g/mol. The Morgan fingerprint density at radius 3 is 2.91 bits per heavy atom. The number of carbonyl (C=O) groups excluding carboxylic acids is 1. The fourth-order valence-electron chi connectivity index (χ4n) is 2.22. The molecule has 3 aromatic heterocycles. The summed E-state index contributed by atoms with van der Waals surface area (Å²) >= 11 is 3.03. The van der Waals surface area contributed by atoms with Crippen LogP contribution in [-0.2, 0) is 11.3 Å². The number of nitrogens with zero attached hydrogens (tertiary/aromatic N) is 2. The Morgan fingerprint density at radius 1 is 1.41 bits per heavy atom. The predicted octanol–water partition coefficient (Wildman–Crippen LogP) is 2.71. The van der Waals surface area contributed by atoms with Gasteiger partial charge in [0.1, 0.15) is 11.4 Å². The molecule has 1 amide bonds. The molecule has 0 radical (unpaired) electrons. The van der Waals surface area contributed by atoms with Crippen molar-refractivity contribution in [3.8, 4) is 10.4 Å². The summed E-state index contributed by atoms with van der Waals surface area (Å²) in [5.74, 6) is -0.189. The highest BCUT2D eigenvalue weighted by Crippen LogP contribution is 2.33. The van der Waals surface area contributed by atoms with Gasteiger partial charge in [0.25, 0.3) is 5.56 Å². The van der Waals surface area contributed by atoms with E-state index in [4.69, 9.17) is 0 Å². The van der Waals surface area contributed by atoms with Crippen molar-refractivity contribution < 1.29 is 4.79 Å². The minimum atomic E-state index is -0.189. The van der Waals surface area contributed by atoms with Crippen molar-refractivity contribution in [2.75, 3.05) is 0 Å². The van der Waals surface area contributed by atoms with E-state index in [0.29, 0.717) is 10.2 Å². The maximum atomic E-state index is 12.7. The van der Waals surface area contributed by atoms with Crippen LogP contribution in [0.2, 0.25) is 0 Å². The topological polar surface area (TPSA) is 64.0 Å². The Hall–Kier alpha value is -1.99. The first-order chi connectivity index (χ1) is 10.6. The molecule has 0 atom stereocenters. The maximum absolute atomic E-state index is 12.7. The zero-order valence-corrected chi connectivity index (χ0v) is 13.8. The number of carbonyl (C=O) groups is 1. The summed E-state index contributed by atoms with van der Waals surface area (Å²) in [6.07, 6.45) is 1.44. The molecule has 0 spiro atoms. The van der Waals surface area contributed by atoms with Gasteiger partial charge in [-0.25, -0.2) is 4.98 Å². The molecule has 114 valence electrons. The molecule has 3 rings (SSSR count). The van der Waals surface area contributed by atoms with Gasteiger partial charge in [0, 0.05) is 21.9 Å². The number of rotatable bonds is 4. The SMILES string of the molecule is CC(C)NC(=O)Cn1cnc2scc(-c3cccs3)c2c1=O. The molecule has 0 aliphatic heterocycles. The van der Waals surface area contributed by atoms with Crippen LogP contribution < -0.4 is 10.9 Å². The van der Waals surface area contributed by atoms with E-state index in [0.717, 1.165) is 10.4 Å². The second-order valence-corrected chi connectivity index (χ2v) is 7.01. The summed E-state index contributed by atoms with van der Waals surface area (Å²) in [4.78, 5) is 30.6. The Balaban J connectivity index is 2.04. The summed E-state index contributed by atoms with van der Waals surface area (Å²) in [5.41, 5.74) is 0.722. The van der Waals surface area contributed by atoms with Gasteiger partial charge in [-0.15, -0.1) is 22.7 Å². The number of thiophene rings is 2. The van der Waals surface area contributed by atoms with Crippen LogP contribution in [0.15, 0.2) is 34.0 Å². The molecule has 5 nitrogen and oxygen atoms in total. The van der Waals surface area contributed by atoms with Crippen LogP contribution in [0, 0.1) is 0 Å². The van der Waals surface area contributed by atoms with Crippen LogP contribution in [0.4, 0.5) is 0 Å². The number of hydrogen-bond donors (Lipinski definition) is 1. The molecule has 0 aromatic carbocycles. The van der Waals surface area contributed by atoms with Gasteiger partial charge in [-0.3, -0.25) is 14.2 Å². The van der Waals surface area contributed by atoms with Gasteiger partial charge < -0.3 is 5.32 Å². The van der Waals surface area contributed by atoms with Gasteiger partial charge in [0.05, 0.1) is 11.7 Å². The van der Waals surface area contributed by atoms with Gasteiger partial charge in [-0.1, -0.05) is 6.07 Å². The standard InChI is InChI=1S/C15H15N3O2S2/c1-9(2)17-12(19)6-18-8-16-14-13(15(18)20)10(7-22-14)11-4-3-5-21-11/h3-5,7-9H,6H2,1-2H3,(H,17,19). The van der Waals surface area contributed by atoms with Crippen molar-refractivity contribution in [2.24, 2.45) is 0 Å². The van der Waals surface area contributed by atoms with Crippen LogP contribution in [0.25, 0.3) is 20.7 Å². The summed E-state index contributed by atoms with van der Waals surface area (Å²) in [5, 5.41) is 7.29. The Labute approximate surface area is 135 Å². The van der Waals surface area contributed by atoms with E-state index >= 15 is 0 Å². The zero-order chi connectivity index (χ0) is 15.7. The molecular formula is C15H15N3O2S2. The highest BCUT2D eigenvalue weighted by molar-refractivity contribution is 7.18. The highest BCUT2D eigenvalue weighted by Gasteiger charge is 2.15. The zero-order valence-electron chi connectivity index (χ0n) is 12.2. The van der Waals surface area contributed by atoms with Crippen LogP contribution in [0.5, 0.6) is 0 Å². The summed E-state index contributed by atoms with van der Waals surface area (Å²) in [6, 6.07) is 3.98. The van der Waals surface area contributed by atoms with Crippen molar-refractivity contribution in [1.29, 1.82) is 0 Å². The van der Waals surface area contributed by atoms with Gasteiger partial charge in [0.2, 0.25) is 5.91 Å². The number of nitrogens with one attached hydrogen (secondary N) is 1. The molecule has 0 unspecified atom stereocenters. The van der Waals surface area contributed by atoms with Crippen LogP contribution in [-0.4, -0.2) is 21.5 Å². The third kappa shape index (κ3) is 2.82. The van der Waals surface area contributed by atoms with E-state index in [-0.39, 0.29) is 24.1 Å². The highest BCUT2D eigenvalue weighted by atomic mass is 32.1. The average Bonchev–Trinajstić information content (AvgIpc) is 3.09. The predicted molar refractivity (Wildman–Crippen MR) is 90.5 cm³/mol. The van der Waals surface area contributed by atoms with E-state index in [1.165, 1.54) is 22.2 Å². The van der Waals surface area contributed by atoms with Crippen molar-refractivity contribution in [3.05, 3.63) is 39.6 Å². The molecule has 1 N–H and O–H groups in total. The van der Waals surface area contributed by atoms with Crippen molar-refractivity contribution >= 4 is 38.8 Å². The lowest BCUT2D eigenvalue weighted by molar-refractivity contribution is -0.122. The number of aromatic nitrogens is 2. The largest absolute Gasteiger partial charge is 0.352 e. The molecular weight excluding hydrogens is 318 g/mol. The van der Waals surface area contributed by atoms with Gasteiger partial charge in [-0.2, -0.15) is 0 Å². The minimum Gasteiger partial charge on any atom is -0.352 e. The molecule has 0 saturated heterocycles. The molecule has 3 aromatic rings. The lowest BCUT2D eigenvalue weighted by Crippen LogP contribution is -2.36. The third-order valence-electron chi connectivity index (χ3n) is 3.11. The van der Waals surface area contributed by atoms with Crippen LogP contribution in [0.3, 0.4) is 0 Å². The number of hydrogen-bond acceptors (Lipinski definition) is 5. The molecule has 0 saturated carbocycles. The molecule has 0 aliphatic carbocycles. The van der Waals surface area contributed by atoms with E-state index < -0.39 is 0 Å². The fraction of sp³-hybridized carbons (Fsp3) is 0.267. The van der Waals surface area contributed by atoms with Crippen LogP contribution >= 0.6 is 22.7 Å². The third-order valence-corrected chi connectivity index (χ3v) is 4.90. The minimum absolute atomic E-state index is 0.0142. The lowest BCUT2D eigenvalue weighted by Gasteiger charge is -2.09. The van der Waals surface area contributed by atoms with Gasteiger partial charge >= 0.3 is 0 Å². The monoisotopic (exact) mass is 333 g/mol. The number of fused-ring (bicyclic) bond motifs is 1. The van der Waals surface area contributed by atoms with Crippen LogP contribution in [0.1, 0.15) is 13.8 Å². The molecule has 22 heavy (non-hydrogen) atoms. The maximum Gasteiger partial charge on any atom is 0.263 e. The first kappa shape index (κ1) is 14.9. The van der Waals surface area contributed by atoms with Gasteiger partial charge in [-0.05, 0) is 25.3 Å². The summed E-state index contributed by atoms with van der Waals surface area (Å²) in [6.45, 7) is 3.76. The van der Waals surface area contributed by atoms with E-state index in [2.05, 4.69) is 10.3 Å². The number of amides is 1. The normalized spacial score (nSPS) is 11.2. The van der Waals surface area contributed by atoms with Crippen molar-refractivity contribution in [1.82, 2.24) is 14.9 Å². The quantitative estimate of drug-likeness (QED) is 0.798. The smallest absolute Gasteiger partial charge is 0.263 e. The first-order valence-corrected chi connectivity index (χ1v) is 8.62. The van der Waals surface area contributed by atoms with E-state index in [9.17, 15) is 9.59 Å². The summed E-state index contributed by atoms with van der Waals surface area (Å²) in [7, 11) is 0. The molecule has 0 aliphatic rings. The van der Waals surface area contributed by atoms with Crippen molar-refractivity contribution in [3.63, 3.8) is 0 Å². The van der Waals surface area contributed by atoms with E-state index in [1.54, 1.807) is 11.3 Å². The Morgan fingerprint density at radius 2 is 2.23 bits per heavy atom. The molecule has 0 fully saturated rings. The lowest BCUT2D eigenvalue weighted by atomic mass is 10.2. The molecule has 7 heteroatoms. The van der Waals surface area contributed by atoms with E-state index in [1.807, 2.05) is 36.7 Å². The van der Waals surface area contributed by atoms with Gasteiger partial charge in [0.15, 0.2) is 0 Å². The second-order valence-electron chi connectivity index (χ2n) is 5.21. The Kier molecular flexibility index (Phi) is 4.08. The molecule has 0 bridgehead atoms. The second kappa shape index (κ2) is 6.02. The molecule has 3 heterocycles. The summed E-state index contributed by atoms with van der Waals surface area (Å²) < 4.78 is 1.36. The fourth-order valence-corrected chi connectivity index (χ4v) is 3.94. The van der Waals surface area contributed by atoms with Crippen molar-refractivity contribution in [2.45, 2.75) is 26.4 Å². The first-order valence-electron chi connectivity index (χ1n) is 6.86. The Bertz CT molecular complexity index is 863.